The van der Waals surface area contributed by atoms with Crippen molar-refractivity contribution in [2.24, 2.45) is 0 Å². The number of halogens is 1. The Kier molecular flexibility index (Phi) is 4.44. The zero-order valence-corrected chi connectivity index (χ0v) is 12.5. The van der Waals surface area contributed by atoms with Crippen molar-refractivity contribution in [3.8, 4) is 0 Å². The van der Waals surface area contributed by atoms with Crippen molar-refractivity contribution < 1.29 is 0 Å². The summed E-state index contributed by atoms with van der Waals surface area (Å²) in [4.78, 5) is 1.44. The summed E-state index contributed by atoms with van der Waals surface area (Å²) in [6.45, 7) is 9.19. The van der Waals surface area contributed by atoms with Gasteiger partial charge in [0.25, 0.3) is 0 Å². The molecule has 0 amide bonds. The maximum Gasteiger partial charge on any atom is 0.0693 e. The maximum atomic E-state index is 2.49. The molecule has 0 fully saturated rings. The lowest BCUT2D eigenvalue weighted by Crippen LogP contribution is -2.20. The van der Waals surface area contributed by atoms with Crippen LogP contribution in [0.2, 0.25) is 0 Å². The second kappa shape index (κ2) is 4.97. The summed E-state index contributed by atoms with van der Waals surface area (Å²) in [6, 6.07) is 2.38. The molecule has 0 bridgehead atoms. The maximum absolute atomic E-state index is 2.49. The van der Waals surface area contributed by atoms with Crippen LogP contribution < -0.4 is 0 Å². The normalized spacial score (nSPS) is 15.5. The summed E-state index contributed by atoms with van der Waals surface area (Å²) < 4.78 is 1.48. The highest BCUT2D eigenvalue weighted by Crippen LogP contribution is 2.38. The number of hydrogen-bond donors (Lipinski definition) is 0. The van der Waals surface area contributed by atoms with Crippen LogP contribution in [0.1, 0.15) is 50.5 Å². The van der Waals surface area contributed by atoms with Crippen molar-refractivity contribution in [2.45, 2.75) is 52.4 Å². The van der Waals surface area contributed by atoms with Gasteiger partial charge in [0.15, 0.2) is 0 Å². The molecule has 0 aliphatic carbocycles. The fourth-order valence-corrected chi connectivity index (χ4v) is 4.67. The Hall–Kier alpha value is 0.430. The summed E-state index contributed by atoms with van der Waals surface area (Å²) in [5.41, 5.74) is 1.97. The summed E-state index contributed by atoms with van der Waals surface area (Å²) in [5, 5.41) is 0. The van der Waals surface area contributed by atoms with Gasteiger partial charge >= 0.3 is 0 Å². The first-order valence-electron chi connectivity index (χ1n) is 5.30. The molecule has 1 aromatic heterocycles. The van der Waals surface area contributed by atoms with Crippen LogP contribution in [0.3, 0.4) is 0 Å². The molecule has 0 aliphatic heterocycles. The first-order valence-corrected chi connectivity index (χ1v) is 7.19. The Bertz CT molecular complexity index is 303. The van der Waals surface area contributed by atoms with Crippen LogP contribution in [-0.4, -0.2) is 0 Å². The Balaban J connectivity index is 3.04. The van der Waals surface area contributed by atoms with Crippen LogP contribution in [0.15, 0.2) is 6.07 Å². The molecule has 1 atom stereocenters. The lowest BCUT2D eigenvalue weighted by atomic mass is 9.78. The predicted octanol–water partition coefficient (Wildman–Crippen LogP) is 5.13. The summed E-state index contributed by atoms with van der Waals surface area (Å²) >= 11 is 4.41. The number of hydrogen-bond acceptors (Lipinski definition) is 1. The first-order chi connectivity index (χ1) is 6.53. The van der Waals surface area contributed by atoms with E-state index in [4.69, 9.17) is 0 Å². The molecule has 1 heterocycles. The monoisotopic (exact) mass is 322 g/mol. The smallest absolute Gasteiger partial charge is 0.0693 e. The predicted molar refractivity (Wildman–Crippen MR) is 74.3 cm³/mol. The van der Waals surface area contributed by atoms with Crippen LogP contribution in [0.5, 0.6) is 0 Å². The first kappa shape index (κ1) is 12.5. The third-order valence-electron chi connectivity index (χ3n) is 3.04. The minimum atomic E-state index is 0.399. The third-order valence-corrected chi connectivity index (χ3v) is 5.12. The third kappa shape index (κ3) is 2.51. The van der Waals surface area contributed by atoms with E-state index >= 15 is 0 Å². The molecular formula is C12H19IS. The molecule has 0 saturated heterocycles. The van der Waals surface area contributed by atoms with Gasteiger partial charge in [-0.15, -0.1) is 11.3 Å². The molecule has 2 heteroatoms. The van der Waals surface area contributed by atoms with Crippen molar-refractivity contribution >= 4 is 33.9 Å². The Morgan fingerprint density at radius 2 is 2.07 bits per heavy atom. The lowest BCUT2D eigenvalue weighted by Gasteiger charge is -2.27. The van der Waals surface area contributed by atoms with Gasteiger partial charge in [-0.25, -0.2) is 0 Å². The van der Waals surface area contributed by atoms with E-state index in [-0.39, 0.29) is 0 Å². The molecule has 0 aliphatic rings. The second-order valence-electron chi connectivity index (χ2n) is 4.21. The number of thiophene rings is 1. The lowest BCUT2D eigenvalue weighted by molar-refractivity contribution is 0.413. The minimum absolute atomic E-state index is 0.399. The topological polar surface area (TPSA) is 0 Å². The molecule has 0 radical (unpaired) electrons. The van der Waals surface area contributed by atoms with Crippen LogP contribution in [-0.2, 0) is 5.41 Å². The van der Waals surface area contributed by atoms with E-state index in [0.29, 0.717) is 5.41 Å². The summed E-state index contributed by atoms with van der Waals surface area (Å²) in [7, 11) is 0. The van der Waals surface area contributed by atoms with E-state index in [9.17, 15) is 0 Å². The quantitative estimate of drug-likeness (QED) is 0.674. The van der Waals surface area contributed by atoms with Gasteiger partial charge in [0.1, 0.15) is 0 Å². The van der Waals surface area contributed by atoms with Crippen LogP contribution in [0, 0.1) is 9.81 Å². The van der Waals surface area contributed by atoms with E-state index in [1.165, 1.54) is 27.0 Å². The Morgan fingerprint density at radius 1 is 1.43 bits per heavy atom. The van der Waals surface area contributed by atoms with E-state index < -0.39 is 0 Å². The molecule has 0 nitrogen and oxygen atoms in total. The average Bonchev–Trinajstić information content (AvgIpc) is 2.46. The van der Waals surface area contributed by atoms with Gasteiger partial charge in [-0.2, -0.15) is 0 Å². The standard InChI is InChI=1S/C12H19IS/c1-5-7-12(4,6-2)10-8-9(3)14-11(10)13/h8H,5-7H2,1-4H3. The molecule has 0 spiro atoms. The summed E-state index contributed by atoms with van der Waals surface area (Å²) in [6.07, 6.45) is 3.82. The van der Waals surface area contributed by atoms with Gasteiger partial charge in [-0.05, 0) is 59.4 Å². The van der Waals surface area contributed by atoms with E-state index in [2.05, 4.69) is 56.4 Å². The number of aryl methyl sites for hydroxylation is 1. The molecule has 80 valence electrons. The molecule has 14 heavy (non-hydrogen) atoms. The van der Waals surface area contributed by atoms with Gasteiger partial charge in [0.2, 0.25) is 0 Å². The zero-order chi connectivity index (χ0) is 10.8. The molecule has 1 unspecified atom stereocenters. The SMILES string of the molecule is CCCC(C)(CC)c1cc(C)sc1I. The van der Waals surface area contributed by atoms with E-state index in [0.717, 1.165) is 0 Å². The summed E-state index contributed by atoms with van der Waals surface area (Å²) in [5.74, 6) is 0. The fraction of sp³-hybridized carbons (Fsp3) is 0.667. The molecule has 0 saturated carbocycles. The van der Waals surface area contributed by atoms with Crippen LogP contribution in [0.25, 0.3) is 0 Å². The van der Waals surface area contributed by atoms with Crippen LogP contribution >= 0.6 is 33.9 Å². The van der Waals surface area contributed by atoms with Crippen molar-refractivity contribution in [3.63, 3.8) is 0 Å². The zero-order valence-electron chi connectivity index (χ0n) is 9.48. The van der Waals surface area contributed by atoms with Gasteiger partial charge in [-0.3, -0.25) is 0 Å². The van der Waals surface area contributed by atoms with Crippen LogP contribution in [0.4, 0.5) is 0 Å². The molecule has 0 aromatic carbocycles. The Morgan fingerprint density at radius 3 is 2.43 bits per heavy atom. The highest BCUT2D eigenvalue weighted by atomic mass is 127. The second-order valence-corrected chi connectivity index (χ2v) is 7.28. The highest BCUT2D eigenvalue weighted by molar-refractivity contribution is 14.1. The fourth-order valence-electron chi connectivity index (χ4n) is 1.95. The number of rotatable bonds is 4. The molecule has 1 aromatic rings. The van der Waals surface area contributed by atoms with Gasteiger partial charge < -0.3 is 0 Å². The van der Waals surface area contributed by atoms with Crippen molar-refractivity contribution in [1.29, 1.82) is 0 Å². The van der Waals surface area contributed by atoms with Gasteiger partial charge in [0, 0.05) is 4.88 Å². The highest BCUT2D eigenvalue weighted by Gasteiger charge is 2.26. The largest absolute Gasteiger partial charge is 0.134 e. The van der Waals surface area contributed by atoms with Gasteiger partial charge in [0.05, 0.1) is 2.88 Å². The van der Waals surface area contributed by atoms with Crippen molar-refractivity contribution in [1.82, 2.24) is 0 Å². The van der Waals surface area contributed by atoms with Crippen molar-refractivity contribution in [2.75, 3.05) is 0 Å². The van der Waals surface area contributed by atoms with E-state index in [1.54, 1.807) is 5.56 Å². The van der Waals surface area contributed by atoms with E-state index in [1.807, 2.05) is 11.3 Å². The molecule has 1 rings (SSSR count). The van der Waals surface area contributed by atoms with Gasteiger partial charge in [-0.1, -0.05) is 27.2 Å². The molecular weight excluding hydrogens is 303 g/mol. The minimum Gasteiger partial charge on any atom is -0.134 e. The average molecular weight is 322 g/mol. The van der Waals surface area contributed by atoms with Crippen molar-refractivity contribution in [3.05, 3.63) is 19.4 Å². The molecule has 0 N–H and O–H groups in total. The Labute approximate surface area is 105 Å².